The Morgan fingerprint density at radius 3 is 2.20 bits per heavy atom. The van der Waals surface area contributed by atoms with E-state index in [1.807, 2.05) is 20.8 Å². The Hall–Kier alpha value is -1.79. The molecular weight excluding hydrogens is 262 g/mol. The molecule has 20 heavy (non-hydrogen) atoms. The van der Waals surface area contributed by atoms with Gasteiger partial charge in [0.2, 0.25) is 5.91 Å². The first-order valence-electron chi connectivity index (χ1n) is 6.63. The summed E-state index contributed by atoms with van der Waals surface area (Å²) in [5.41, 5.74) is -0.357. The predicted octanol–water partition coefficient (Wildman–Crippen LogP) is 0.653. The number of carbonyl (C=O) groups is 3. The lowest BCUT2D eigenvalue weighted by Crippen LogP contribution is -2.49. The van der Waals surface area contributed by atoms with Crippen LogP contribution in [-0.2, 0) is 9.59 Å². The molecule has 0 aliphatic rings. The molecule has 0 heterocycles. The van der Waals surface area contributed by atoms with Crippen LogP contribution >= 0.6 is 0 Å². The van der Waals surface area contributed by atoms with E-state index in [1.165, 1.54) is 11.8 Å². The minimum Gasteiger partial charge on any atom is -0.481 e. The van der Waals surface area contributed by atoms with Gasteiger partial charge in [0.15, 0.2) is 0 Å². The molecule has 0 bridgehead atoms. The fraction of sp³-hybridized carbons (Fsp3) is 0.769. The molecule has 7 nitrogen and oxygen atoms in total. The van der Waals surface area contributed by atoms with E-state index in [2.05, 4.69) is 10.6 Å². The highest BCUT2D eigenvalue weighted by Crippen LogP contribution is 2.01. The SMILES string of the molecule is CCN(CC(C)C(=O)O)C(=O)NCC(=O)NC(C)(C)C. The van der Waals surface area contributed by atoms with Gasteiger partial charge in [-0.15, -0.1) is 0 Å². The molecule has 0 saturated carbocycles. The van der Waals surface area contributed by atoms with E-state index >= 15 is 0 Å². The molecule has 0 aromatic heterocycles. The van der Waals surface area contributed by atoms with E-state index in [1.54, 1.807) is 6.92 Å². The predicted molar refractivity (Wildman–Crippen MR) is 75.3 cm³/mol. The van der Waals surface area contributed by atoms with Gasteiger partial charge in [0, 0.05) is 18.6 Å². The van der Waals surface area contributed by atoms with Crippen LogP contribution in [0.4, 0.5) is 4.79 Å². The second-order valence-corrected chi connectivity index (χ2v) is 5.73. The second kappa shape index (κ2) is 7.72. The Balaban J connectivity index is 4.29. The lowest BCUT2D eigenvalue weighted by atomic mass is 10.1. The molecule has 0 aliphatic carbocycles. The lowest BCUT2D eigenvalue weighted by molar-refractivity contribution is -0.141. The Bertz CT molecular complexity index is 363. The fourth-order valence-electron chi connectivity index (χ4n) is 1.49. The summed E-state index contributed by atoms with van der Waals surface area (Å²) in [6, 6.07) is -0.440. The van der Waals surface area contributed by atoms with Gasteiger partial charge in [0.05, 0.1) is 12.5 Å². The van der Waals surface area contributed by atoms with Crippen LogP contribution in [-0.4, -0.2) is 53.1 Å². The van der Waals surface area contributed by atoms with Crippen molar-refractivity contribution in [2.24, 2.45) is 5.92 Å². The summed E-state index contributed by atoms with van der Waals surface area (Å²) in [7, 11) is 0. The summed E-state index contributed by atoms with van der Waals surface area (Å²) >= 11 is 0. The maximum atomic E-state index is 11.8. The number of nitrogens with zero attached hydrogens (tertiary/aromatic N) is 1. The quantitative estimate of drug-likeness (QED) is 0.668. The van der Waals surface area contributed by atoms with E-state index in [0.29, 0.717) is 6.54 Å². The van der Waals surface area contributed by atoms with Crippen molar-refractivity contribution in [1.82, 2.24) is 15.5 Å². The Kier molecular flexibility index (Phi) is 7.02. The average molecular weight is 287 g/mol. The highest BCUT2D eigenvalue weighted by atomic mass is 16.4. The molecule has 0 aliphatic heterocycles. The minimum absolute atomic E-state index is 0.110. The van der Waals surface area contributed by atoms with Crippen LogP contribution in [0.25, 0.3) is 0 Å². The molecular formula is C13H25N3O4. The molecule has 116 valence electrons. The van der Waals surface area contributed by atoms with Crippen molar-refractivity contribution in [3.63, 3.8) is 0 Å². The molecule has 0 fully saturated rings. The van der Waals surface area contributed by atoms with Crippen LogP contribution in [0.1, 0.15) is 34.6 Å². The van der Waals surface area contributed by atoms with Crippen LogP contribution in [0.15, 0.2) is 0 Å². The van der Waals surface area contributed by atoms with Crippen molar-refractivity contribution in [3.05, 3.63) is 0 Å². The van der Waals surface area contributed by atoms with Gasteiger partial charge in [0.1, 0.15) is 0 Å². The van der Waals surface area contributed by atoms with Crippen molar-refractivity contribution in [2.75, 3.05) is 19.6 Å². The number of hydrogen-bond acceptors (Lipinski definition) is 3. The standard InChI is InChI=1S/C13H25N3O4/c1-6-16(8-9(2)11(18)19)12(20)14-7-10(17)15-13(3,4)5/h9H,6-8H2,1-5H3,(H,14,20)(H,15,17)(H,18,19). The number of carboxylic acid groups (broad SMARTS) is 1. The minimum atomic E-state index is -0.957. The number of hydrogen-bond donors (Lipinski definition) is 3. The maximum Gasteiger partial charge on any atom is 0.317 e. The third-order valence-corrected chi connectivity index (χ3v) is 2.50. The average Bonchev–Trinajstić information content (AvgIpc) is 2.30. The third kappa shape index (κ3) is 7.60. The van der Waals surface area contributed by atoms with Crippen LogP contribution < -0.4 is 10.6 Å². The monoisotopic (exact) mass is 287 g/mol. The zero-order valence-corrected chi connectivity index (χ0v) is 12.8. The van der Waals surface area contributed by atoms with Crippen molar-refractivity contribution >= 4 is 17.9 Å². The number of urea groups is 1. The zero-order valence-electron chi connectivity index (χ0n) is 12.8. The molecule has 0 spiro atoms. The van der Waals surface area contributed by atoms with E-state index < -0.39 is 17.9 Å². The molecule has 0 radical (unpaired) electrons. The Morgan fingerprint density at radius 1 is 1.25 bits per heavy atom. The van der Waals surface area contributed by atoms with Crippen molar-refractivity contribution in [3.8, 4) is 0 Å². The van der Waals surface area contributed by atoms with Crippen LogP contribution in [0.5, 0.6) is 0 Å². The molecule has 0 rings (SSSR count). The lowest BCUT2D eigenvalue weighted by Gasteiger charge is -2.24. The number of amides is 3. The summed E-state index contributed by atoms with van der Waals surface area (Å²) in [5, 5.41) is 14.0. The van der Waals surface area contributed by atoms with E-state index in [4.69, 9.17) is 5.11 Å². The largest absolute Gasteiger partial charge is 0.481 e. The first kappa shape index (κ1) is 18.2. The highest BCUT2D eigenvalue weighted by Gasteiger charge is 2.20. The molecule has 3 N–H and O–H groups in total. The summed E-state index contributed by atoms with van der Waals surface area (Å²) in [6.45, 7) is 9.18. The molecule has 0 aromatic rings. The summed E-state index contributed by atoms with van der Waals surface area (Å²) in [5.74, 6) is -1.89. The highest BCUT2D eigenvalue weighted by molar-refractivity contribution is 5.84. The van der Waals surface area contributed by atoms with Crippen molar-refractivity contribution < 1.29 is 19.5 Å². The fourth-order valence-corrected chi connectivity index (χ4v) is 1.49. The van der Waals surface area contributed by atoms with Crippen molar-refractivity contribution in [1.29, 1.82) is 0 Å². The molecule has 0 aromatic carbocycles. The Morgan fingerprint density at radius 2 is 1.80 bits per heavy atom. The van der Waals surface area contributed by atoms with Gasteiger partial charge in [-0.25, -0.2) is 4.79 Å². The summed E-state index contributed by atoms with van der Waals surface area (Å²) in [4.78, 5) is 35.5. The topological polar surface area (TPSA) is 98.7 Å². The van der Waals surface area contributed by atoms with Gasteiger partial charge < -0.3 is 20.6 Å². The van der Waals surface area contributed by atoms with Gasteiger partial charge in [-0.1, -0.05) is 6.92 Å². The summed E-state index contributed by atoms with van der Waals surface area (Å²) < 4.78 is 0. The summed E-state index contributed by atoms with van der Waals surface area (Å²) in [6.07, 6.45) is 0. The van der Waals surface area contributed by atoms with Crippen LogP contribution in [0.2, 0.25) is 0 Å². The first-order chi connectivity index (χ1) is 9.06. The normalized spacial score (nSPS) is 12.4. The molecule has 1 unspecified atom stereocenters. The van der Waals surface area contributed by atoms with Gasteiger partial charge >= 0.3 is 12.0 Å². The Labute approximate surface area is 119 Å². The molecule has 3 amide bonds. The van der Waals surface area contributed by atoms with Gasteiger partial charge in [0.25, 0.3) is 0 Å². The van der Waals surface area contributed by atoms with E-state index in [-0.39, 0.29) is 24.5 Å². The second-order valence-electron chi connectivity index (χ2n) is 5.73. The van der Waals surface area contributed by atoms with E-state index in [0.717, 1.165) is 0 Å². The van der Waals surface area contributed by atoms with E-state index in [9.17, 15) is 14.4 Å². The molecule has 7 heteroatoms. The zero-order chi connectivity index (χ0) is 15.9. The number of rotatable bonds is 6. The third-order valence-electron chi connectivity index (χ3n) is 2.50. The number of carbonyl (C=O) groups excluding carboxylic acids is 2. The number of nitrogens with one attached hydrogen (secondary N) is 2. The van der Waals surface area contributed by atoms with Crippen molar-refractivity contribution in [2.45, 2.75) is 40.2 Å². The first-order valence-corrected chi connectivity index (χ1v) is 6.63. The van der Waals surface area contributed by atoms with Gasteiger partial charge in [-0.3, -0.25) is 9.59 Å². The van der Waals surface area contributed by atoms with Crippen LogP contribution in [0, 0.1) is 5.92 Å². The van der Waals surface area contributed by atoms with Gasteiger partial charge in [-0.2, -0.15) is 0 Å². The number of carboxylic acids is 1. The number of aliphatic carboxylic acids is 1. The maximum absolute atomic E-state index is 11.8. The van der Waals surface area contributed by atoms with Crippen LogP contribution in [0.3, 0.4) is 0 Å². The smallest absolute Gasteiger partial charge is 0.317 e. The van der Waals surface area contributed by atoms with Gasteiger partial charge in [-0.05, 0) is 27.7 Å². The molecule has 1 atom stereocenters. The molecule has 0 saturated heterocycles.